The zero-order chi connectivity index (χ0) is 14.7. The summed E-state index contributed by atoms with van der Waals surface area (Å²) < 4.78 is 15.9. The van der Waals surface area contributed by atoms with Gasteiger partial charge in [0.15, 0.2) is 0 Å². The summed E-state index contributed by atoms with van der Waals surface area (Å²) >= 11 is 3.21. The molecule has 1 heterocycles. The van der Waals surface area contributed by atoms with Crippen molar-refractivity contribution < 1.29 is 4.39 Å². The molecule has 0 aliphatic rings. The van der Waals surface area contributed by atoms with Crippen molar-refractivity contribution in [1.29, 1.82) is 0 Å². The molecule has 0 saturated carbocycles. The summed E-state index contributed by atoms with van der Waals surface area (Å²) in [5.41, 5.74) is 7.41. The van der Waals surface area contributed by atoms with E-state index in [0.717, 1.165) is 38.1 Å². The molecule has 2 N–H and O–H groups in total. The van der Waals surface area contributed by atoms with Crippen LogP contribution in [-0.2, 0) is 6.54 Å². The molecule has 0 unspecified atom stereocenters. The molecule has 0 atom stereocenters. The number of hydrogen-bond acceptors (Lipinski definition) is 3. The van der Waals surface area contributed by atoms with Gasteiger partial charge in [-0.15, -0.1) is 0 Å². The molecule has 4 nitrogen and oxygen atoms in total. The van der Waals surface area contributed by atoms with Gasteiger partial charge in [0.25, 0.3) is 0 Å². The predicted molar refractivity (Wildman–Crippen MR) is 84.2 cm³/mol. The molecule has 6 heteroatoms. The maximum atomic E-state index is 13.5. The van der Waals surface area contributed by atoms with E-state index >= 15 is 0 Å². The minimum absolute atomic E-state index is 0.316. The summed E-state index contributed by atoms with van der Waals surface area (Å²) in [7, 11) is 0. The first-order valence-electron chi connectivity index (χ1n) is 6.89. The number of likely N-dealkylation sites (N-methyl/N-ethyl adjacent to an activating group) is 1. The van der Waals surface area contributed by atoms with Crippen LogP contribution in [-0.4, -0.2) is 34.1 Å². The fraction of sp³-hybridized carbons (Fsp3) is 0.500. The van der Waals surface area contributed by atoms with Crippen LogP contribution in [0.5, 0.6) is 0 Å². The van der Waals surface area contributed by atoms with E-state index in [9.17, 15) is 4.39 Å². The van der Waals surface area contributed by atoms with E-state index in [-0.39, 0.29) is 5.82 Å². The summed E-state index contributed by atoms with van der Waals surface area (Å²) in [6, 6.07) is 3.15. The normalized spacial score (nSPS) is 11.7. The highest BCUT2D eigenvalue weighted by molar-refractivity contribution is 9.10. The van der Waals surface area contributed by atoms with Gasteiger partial charge in [-0.3, -0.25) is 0 Å². The Morgan fingerprint density at radius 2 is 2.10 bits per heavy atom. The molecule has 0 saturated heterocycles. The Balaban J connectivity index is 2.25. The molecule has 0 amide bonds. The fourth-order valence-corrected chi connectivity index (χ4v) is 2.69. The van der Waals surface area contributed by atoms with Crippen LogP contribution in [0.15, 0.2) is 16.6 Å². The zero-order valence-electron chi connectivity index (χ0n) is 11.9. The second-order valence-corrected chi connectivity index (χ2v) is 5.67. The highest BCUT2D eigenvalue weighted by atomic mass is 79.9. The van der Waals surface area contributed by atoms with Crippen molar-refractivity contribution in [2.24, 2.45) is 0 Å². The Hall–Kier alpha value is -1.14. The van der Waals surface area contributed by atoms with Gasteiger partial charge in [-0.05, 0) is 41.5 Å². The van der Waals surface area contributed by atoms with E-state index in [4.69, 9.17) is 5.73 Å². The van der Waals surface area contributed by atoms with Crippen LogP contribution in [0.1, 0.15) is 20.3 Å². The van der Waals surface area contributed by atoms with Gasteiger partial charge in [0.1, 0.15) is 5.82 Å². The molecule has 0 spiro atoms. The van der Waals surface area contributed by atoms with Crippen molar-refractivity contribution in [1.82, 2.24) is 14.5 Å². The second-order valence-electron chi connectivity index (χ2n) is 4.81. The monoisotopic (exact) mass is 342 g/mol. The summed E-state index contributed by atoms with van der Waals surface area (Å²) in [6.45, 7) is 8.07. The number of halogens is 2. The molecule has 0 fully saturated rings. The molecule has 110 valence electrons. The standard InChI is InChI=1S/C14H20BrFN4/c1-3-5-19(4-2)6-7-20-13-8-10(15)11(16)9-12(13)18-14(20)17/h8-9H,3-7H2,1-2H3,(H2,17,18). The van der Waals surface area contributed by atoms with Crippen molar-refractivity contribution in [2.75, 3.05) is 25.4 Å². The molecule has 2 aromatic rings. The molecule has 20 heavy (non-hydrogen) atoms. The van der Waals surface area contributed by atoms with E-state index in [1.54, 1.807) is 6.07 Å². The predicted octanol–water partition coefficient (Wildman–Crippen LogP) is 3.25. The van der Waals surface area contributed by atoms with Gasteiger partial charge in [0.2, 0.25) is 5.95 Å². The lowest BCUT2D eigenvalue weighted by Gasteiger charge is -2.20. The van der Waals surface area contributed by atoms with Gasteiger partial charge < -0.3 is 15.2 Å². The van der Waals surface area contributed by atoms with Crippen molar-refractivity contribution in [2.45, 2.75) is 26.8 Å². The number of nitrogens with two attached hydrogens (primary N) is 1. The molecule has 1 aromatic heterocycles. The average Bonchev–Trinajstić information content (AvgIpc) is 2.70. The minimum atomic E-state index is -0.316. The lowest BCUT2D eigenvalue weighted by molar-refractivity contribution is 0.278. The van der Waals surface area contributed by atoms with Gasteiger partial charge >= 0.3 is 0 Å². The quantitative estimate of drug-likeness (QED) is 0.876. The molecule has 0 aliphatic carbocycles. The highest BCUT2D eigenvalue weighted by Gasteiger charge is 2.12. The largest absolute Gasteiger partial charge is 0.369 e. The minimum Gasteiger partial charge on any atom is -0.369 e. The maximum Gasteiger partial charge on any atom is 0.201 e. The first kappa shape index (κ1) is 15.3. The number of aromatic nitrogens is 2. The van der Waals surface area contributed by atoms with Gasteiger partial charge in [-0.25, -0.2) is 9.37 Å². The van der Waals surface area contributed by atoms with Gasteiger partial charge in [0.05, 0.1) is 15.5 Å². The van der Waals surface area contributed by atoms with E-state index < -0.39 is 0 Å². The van der Waals surface area contributed by atoms with Crippen LogP contribution < -0.4 is 5.73 Å². The third-order valence-corrected chi connectivity index (χ3v) is 4.05. The highest BCUT2D eigenvalue weighted by Crippen LogP contribution is 2.25. The first-order valence-corrected chi connectivity index (χ1v) is 7.69. The topological polar surface area (TPSA) is 47.1 Å². The molecule has 0 bridgehead atoms. The van der Waals surface area contributed by atoms with Crippen molar-refractivity contribution in [3.63, 3.8) is 0 Å². The molecular formula is C14H20BrFN4. The van der Waals surface area contributed by atoms with Gasteiger partial charge in [-0.2, -0.15) is 0 Å². The van der Waals surface area contributed by atoms with Crippen LogP contribution in [0.3, 0.4) is 0 Å². The summed E-state index contributed by atoms with van der Waals surface area (Å²) in [6.07, 6.45) is 1.13. The van der Waals surface area contributed by atoms with Gasteiger partial charge in [-0.1, -0.05) is 13.8 Å². The third-order valence-electron chi connectivity index (χ3n) is 3.45. The van der Waals surface area contributed by atoms with E-state index in [2.05, 4.69) is 39.7 Å². The Morgan fingerprint density at radius 3 is 2.75 bits per heavy atom. The number of imidazole rings is 1. The number of anilines is 1. The van der Waals surface area contributed by atoms with Crippen LogP contribution in [0, 0.1) is 5.82 Å². The van der Waals surface area contributed by atoms with Crippen LogP contribution in [0.25, 0.3) is 11.0 Å². The Kier molecular flexibility index (Phi) is 4.99. The van der Waals surface area contributed by atoms with E-state index in [1.807, 2.05) is 4.57 Å². The fourth-order valence-electron chi connectivity index (χ4n) is 2.36. The molecule has 2 rings (SSSR count). The zero-order valence-corrected chi connectivity index (χ0v) is 13.5. The molecular weight excluding hydrogens is 323 g/mol. The Morgan fingerprint density at radius 1 is 1.35 bits per heavy atom. The number of rotatable bonds is 6. The van der Waals surface area contributed by atoms with Gasteiger partial charge in [0, 0.05) is 19.2 Å². The van der Waals surface area contributed by atoms with E-state index in [0.29, 0.717) is 15.9 Å². The SMILES string of the molecule is CCCN(CC)CCn1c(N)nc2cc(F)c(Br)cc21. The summed E-state index contributed by atoms with van der Waals surface area (Å²) in [5.74, 6) is 0.119. The Labute approximate surface area is 126 Å². The number of nitrogens with zero attached hydrogens (tertiary/aromatic N) is 3. The van der Waals surface area contributed by atoms with E-state index in [1.165, 1.54) is 6.07 Å². The smallest absolute Gasteiger partial charge is 0.201 e. The maximum absolute atomic E-state index is 13.5. The number of nitrogen functional groups attached to an aromatic ring is 1. The van der Waals surface area contributed by atoms with Crippen molar-refractivity contribution in [3.8, 4) is 0 Å². The summed E-state index contributed by atoms with van der Waals surface area (Å²) in [4.78, 5) is 6.59. The average molecular weight is 343 g/mol. The van der Waals surface area contributed by atoms with Crippen molar-refractivity contribution in [3.05, 3.63) is 22.4 Å². The van der Waals surface area contributed by atoms with Crippen LogP contribution in [0.2, 0.25) is 0 Å². The second kappa shape index (κ2) is 6.54. The molecule has 0 aliphatic heterocycles. The number of fused-ring (bicyclic) bond motifs is 1. The first-order chi connectivity index (χ1) is 9.56. The van der Waals surface area contributed by atoms with Crippen molar-refractivity contribution >= 4 is 32.9 Å². The summed E-state index contributed by atoms with van der Waals surface area (Å²) in [5, 5.41) is 0. The molecule has 0 radical (unpaired) electrons. The van der Waals surface area contributed by atoms with Crippen LogP contribution in [0.4, 0.5) is 10.3 Å². The number of hydrogen-bond donors (Lipinski definition) is 1. The third kappa shape index (κ3) is 3.12. The Bertz CT molecular complexity index is 596. The molecule has 1 aromatic carbocycles. The van der Waals surface area contributed by atoms with Crippen LogP contribution >= 0.6 is 15.9 Å². The lowest BCUT2D eigenvalue weighted by atomic mass is 10.3. The lowest BCUT2D eigenvalue weighted by Crippen LogP contribution is -2.28. The number of benzene rings is 1.